The van der Waals surface area contributed by atoms with Crippen LogP contribution in [0.25, 0.3) is 0 Å². The highest BCUT2D eigenvalue weighted by Gasteiger charge is 2.31. The van der Waals surface area contributed by atoms with Crippen molar-refractivity contribution in [1.29, 1.82) is 0 Å². The zero-order valence-corrected chi connectivity index (χ0v) is 15.8. The summed E-state index contributed by atoms with van der Waals surface area (Å²) in [4.78, 5) is 2.48. The fraction of sp³-hybridized carbons (Fsp3) is 0.789. The van der Waals surface area contributed by atoms with Crippen molar-refractivity contribution in [3.8, 4) is 0 Å². The van der Waals surface area contributed by atoms with Gasteiger partial charge < -0.3 is 5.32 Å². The van der Waals surface area contributed by atoms with Crippen LogP contribution in [0.1, 0.15) is 67.7 Å². The molecule has 2 heteroatoms. The molecule has 0 aliphatic carbocycles. The maximum absolute atomic E-state index is 4.42. The van der Waals surface area contributed by atoms with Crippen LogP contribution in [0.4, 0.5) is 0 Å². The molecule has 0 aromatic rings. The summed E-state index contributed by atoms with van der Waals surface area (Å²) in [5.41, 5.74) is 2.71. The van der Waals surface area contributed by atoms with Gasteiger partial charge in [-0.25, -0.2) is 0 Å². The van der Waals surface area contributed by atoms with E-state index >= 15 is 0 Å². The summed E-state index contributed by atoms with van der Waals surface area (Å²) in [6, 6.07) is 0.440. The van der Waals surface area contributed by atoms with E-state index in [2.05, 4.69) is 72.0 Å². The number of allylic oxidation sites excluding steroid dienone is 1. The fourth-order valence-corrected chi connectivity index (χ4v) is 2.33. The van der Waals surface area contributed by atoms with E-state index in [1.807, 2.05) is 6.92 Å². The predicted octanol–water partition coefficient (Wildman–Crippen LogP) is 4.98. The molecule has 0 bridgehead atoms. The molecule has 0 radical (unpaired) electrons. The Bertz CT molecular complexity index is 342. The maximum Gasteiger partial charge on any atom is 0.0312 e. The average Bonchev–Trinajstić information content (AvgIpc) is 2.29. The standard InChI is InChI=1S/C19H38N2/c1-15(2)20-14-12-11-13-17(16(3)18(4,5)6)21(10)19(7,8)9/h17,20H,1,3,11-14H2,2,4-10H3. The predicted molar refractivity (Wildman–Crippen MR) is 96.6 cm³/mol. The molecule has 1 N–H and O–H groups in total. The summed E-state index contributed by atoms with van der Waals surface area (Å²) in [6.07, 6.45) is 3.56. The summed E-state index contributed by atoms with van der Waals surface area (Å²) >= 11 is 0. The van der Waals surface area contributed by atoms with E-state index in [9.17, 15) is 0 Å². The summed E-state index contributed by atoms with van der Waals surface area (Å²) < 4.78 is 0. The lowest BCUT2D eigenvalue weighted by molar-refractivity contribution is 0.117. The Morgan fingerprint density at radius 2 is 1.57 bits per heavy atom. The highest BCUT2D eigenvalue weighted by molar-refractivity contribution is 5.15. The molecule has 124 valence electrons. The molecule has 21 heavy (non-hydrogen) atoms. The van der Waals surface area contributed by atoms with Crippen molar-refractivity contribution in [3.63, 3.8) is 0 Å². The summed E-state index contributed by atoms with van der Waals surface area (Å²) in [7, 11) is 2.23. The highest BCUT2D eigenvalue weighted by atomic mass is 15.2. The molecule has 0 aliphatic rings. The molecule has 0 aromatic heterocycles. The van der Waals surface area contributed by atoms with Gasteiger partial charge in [-0.15, -0.1) is 0 Å². The summed E-state index contributed by atoms with van der Waals surface area (Å²) in [6.45, 7) is 24.9. The van der Waals surface area contributed by atoms with Crippen molar-refractivity contribution in [1.82, 2.24) is 10.2 Å². The number of rotatable bonds is 8. The Labute approximate surface area is 133 Å². The second-order valence-electron chi connectivity index (χ2n) is 8.28. The molecule has 0 rings (SSSR count). The zero-order chi connectivity index (χ0) is 16.8. The van der Waals surface area contributed by atoms with Crippen molar-refractivity contribution >= 4 is 0 Å². The van der Waals surface area contributed by atoms with Gasteiger partial charge >= 0.3 is 0 Å². The van der Waals surface area contributed by atoms with Gasteiger partial charge in [0.15, 0.2) is 0 Å². The molecule has 0 fully saturated rings. The third kappa shape index (κ3) is 7.71. The molecule has 1 atom stereocenters. The first-order chi connectivity index (χ1) is 9.37. The fourth-order valence-electron chi connectivity index (χ4n) is 2.33. The van der Waals surface area contributed by atoms with Crippen LogP contribution in [0.5, 0.6) is 0 Å². The minimum atomic E-state index is 0.153. The number of likely N-dealkylation sites (N-methyl/N-ethyl adjacent to an activating group) is 1. The molecular weight excluding hydrogens is 256 g/mol. The average molecular weight is 295 g/mol. The zero-order valence-electron chi connectivity index (χ0n) is 15.8. The van der Waals surface area contributed by atoms with Crippen molar-refractivity contribution in [3.05, 3.63) is 24.4 Å². The van der Waals surface area contributed by atoms with Gasteiger partial charge in [-0.05, 0) is 59.4 Å². The van der Waals surface area contributed by atoms with E-state index in [1.54, 1.807) is 0 Å². The Morgan fingerprint density at radius 1 is 1.05 bits per heavy atom. The van der Waals surface area contributed by atoms with Crippen molar-refractivity contribution in [2.24, 2.45) is 5.41 Å². The molecule has 2 nitrogen and oxygen atoms in total. The molecule has 0 amide bonds. The number of hydrogen-bond acceptors (Lipinski definition) is 2. The van der Waals surface area contributed by atoms with Crippen LogP contribution in [0.15, 0.2) is 24.4 Å². The summed E-state index contributed by atoms with van der Waals surface area (Å²) in [5, 5.41) is 3.31. The van der Waals surface area contributed by atoms with E-state index in [0.29, 0.717) is 6.04 Å². The Morgan fingerprint density at radius 3 is 1.95 bits per heavy atom. The topological polar surface area (TPSA) is 15.3 Å². The van der Waals surface area contributed by atoms with Crippen LogP contribution in [0.3, 0.4) is 0 Å². The van der Waals surface area contributed by atoms with E-state index < -0.39 is 0 Å². The van der Waals surface area contributed by atoms with Gasteiger partial charge in [0.25, 0.3) is 0 Å². The second kappa shape index (κ2) is 8.03. The van der Waals surface area contributed by atoms with E-state index in [0.717, 1.165) is 12.2 Å². The molecule has 0 spiro atoms. The van der Waals surface area contributed by atoms with Gasteiger partial charge in [0.1, 0.15) is 0 Å². The van der Waals surface area contributed by atoms with Crippen molar-refractivity contribution in [2.75, 3.05) is 13.6 Å². The third-order valence-corrected chi connectivity index (χ3v) is 4.22. The molecule has 0 saturated heterocycles. The lowest BCUT2D eigenvalue weighted by Gasteiger charge is -2.43. The van der Waals surface area contributed by atoms with Crippen LogP contribution < -0.4 is 5.32 Å². The maximum atomic E-state index is 4.42. The number of nitrogens with one attached hydrogen (secondary N) is 1. The molecule has 0 aliphatic heterocycles. The van der Waals surface area contributed by atoms with Gasteiger partial charge in [0, 0.05) is 23.8 Å². The number of hydrogen-bond donors (Lipinski definition) is 1. The first kappa shape index (κ1) is 20.2. The number of unbranched alkanes of at least 4 members (excludes halogenated alkanes) is 1. The molecular formula is C19H38N2. The van der Waals surface area contributed by atoms with Crippen molar-refractivity contribution < 1.29 is 0 Å². The van der Waals surface area contributed by atoms with Gasteiger partial charge in [-0.2, -0.15) is 0 Å². The van der Waals surface area contributed by atoms with Gasteiger partial charge in [-0.1, -0.05) is 39.5 Å². The van der Waals surface area contributed by atoms with Crippen LogP contribution in [0.2, 0.25) is 0 Å². The number of nitrogens with zero attached hydrogens (tertiary/aromatic N) is 1. The normalized spacial score (nSPS) is 14.1. The monoisotopic (exact) mass is 294 g/mol. The summed E-state index contributed by atoms with van der Waals surface area (Å²) in [5.74, 6) is 0. The Hall–Kier alpha value is -0.760. The molecule has 0 aromatic carbocycles. The lowest BCUT2D eigenvalue weighted by Crippen LogP contribution is -2.47. The third-order valence-electron chi connectivity index (χ3n) is 4.22. The molecule has 0 heterocycles. The van der Waals surface area contributed by atoms with Crippen LogP contribution in [0, 0.1) is 5.41 Å². The SMILES string of the molecule is C=C(C)NCCCCC(C(=C)C(C)(C)C)N(C)C(C)(C)C. The Kier molecular flexibility index (Phi) is 7.74. The Balaban J connectivity index is 4.69. The van der Waals surface area contributed by atoms with E-state index in [1.165, 1.54) is 24.8 Å². The highest BCUT2D eigenvalue weighted by Crippen LogP contribution is 2.33. The first-order valence-electron chi connectivity index (χ1n) is 8.19. The van der Waals surface area contributed by atoms with Gasteiger partial charge in [0.2, 0.25) is 0 Å². The lowest BCUT2D eigenvalue weighted by atomic mass is 9.80. The molecule has 0 saturated carbocycles. The first-order valence-corrected chi connectivity index (χ1v) is 8.19. The van der Waals surface area contributed by atoms with Crippen LogP contribution >= 0.6 is 0 Å². The molecule has 1 unspecified atom stereocenters. The van der Waals surface area contributed by atoms with Crippen molar-refractivity contribution in [2.45, 2.75) is 79.3 Å². The second-order valence-corrected chi connectivity index (χ2v) is 8.28. The quantitative estimate of drug-likeness (QED) is 0.501. The minimum Gasteiger partial charge on any atom is -0.389 e. The van der Waals surface area contributed by atoms with Crippen LogP contribution in [-0.2, 0) is 0 Å². The van der Waals surface area contributed by atoms with Gasteiger partial charge in [0.05, 0.1) is 0 Å². The van der Waals surface area contributed by atoms with E-state index in [4.69, 9.17) is 0 Å². The smallest absolute Gasteiger partial charge is 0.0312 e. The van der Waals surface area contributed by atoms with Crippen LogP contribution in [-0.4, -0.2) is 30.1 Å². The van der Waals surface area contributed by atoms with Gasteiger partial charge in [-0.3, -0.25) is 4.90 Å². The minimum absolute atomic E-state index is 0.153. The largest absolute Gasteiger partial charge is 0.389 e. The van der Waals surface area contributed by atoms with E-state index in [-0.39, 0.29) is 11.0 Å².